The Bertz CT molecular complexity index is 1680. The maximum atomic E-state index is 14.5. The second kappa shape index (κ2) is 9.33. The fourth-order valence-corrected chi connectivity index (χ4v) is 4.84. The minimum atomic E-state index is -1.07. The number of rotatable bonds is 6. The standard InChI is InChI=1S/C26H24ClFN6O2/c1-4-34-25-18(12-30-34)23-15(9-14(2)10-17(23)26(36)33(25)3)11-22(35)31-20-5-6-21(27)32-24(20)16-7-8-29-13-19(16)28/h5-10,12-13,22,31,35H,4,11H2,1-3H3/t22-/m0/s1. The monoisotopic (exact) mass is 506 g/mol. The third kappa shape index (κ3) is 4.10. The van der Waals surface area contributed by atoms with Crippen LogP contribution in [0.4, 0.5) is 10.1 Å². The molecule has 0 unspecified atom stereocenters. The van der Waals surface area contributed by atoms with Crippen molar-refractivity contribution in [2.45, 2.75) is 33.0 Å². The van der Waals surface area contributed by atoms with Gasteiger partial charge in [0.1, 0.15) is 17.0 Å². The third-order valence-electron chi connectivity index (χ3n) is 6.22. The van der Waals surface area contributed by atoms with Gasteiger partial charge in [0.2, 0.25) is 0 Å². The van der Waals surface area contributed by atoms with Crippen LogP contribution in [0.2, 0.25) is 5.15 Å². The van der Waals surface area contributed by atoms with E-state index in [0.29, 0.717) is 17.6 Å². The molecule has 0 aliphatic rings. The van der Waals surface area contributed by atoms with Crippen LogP contribution in [-0.4, -0.2) is 35.6 Å². The lowest BCUT2D eigenvalue weighted by molar-refractivity contribution is 0.204. The van der Waals surface area contributed by atoms with E-state index in [1.165, 1.54) is 12.3 Å². The van der Waals surface area contributed by atoms with E-state index in [1.807, 2.05) is 26.0 Å². The molecule has 10 heteroatoms. The van der Waals surface area contributed by atoms with Gasteiger partial charge >= 0.3 is 0 Å². The first-order valence-corrected chi connectivity index (χ1v) is 11.8. The highest BCUT2D eigenvalue weighted by atomic mass is 35.5. The zero-order valence-corrected chi connectivity index (χ0v) is 20.7. The van der Waals surface area contributed by atoms with Crippen LogP contribution in [0.1, 0.15) is 18.1 Å². The molecule has 184 valence electrons. The summed E-state index contributed by atoms with van der Waals surface area (Å²) in [6, 6.07) is 8.52. The van der Waals surface area contributed by atoms with Crippen molar-refractivity contribution < 1.29 is 9.50 Å². The highest BCUT2D eigenvalue weighted by Crippen LogP contribution is 2.31. The second-order valence-electron chi connectivity index (χ2n) is 8.66. The van der Waals surface area contributed by atoms with E-state index in [0.717, 1.165) is 33.7 Å². The number of aromatic nitrogens is 5. The normalized spacial score (nSPS) is 12.4. The molecule has 5 rings (SSSR count). The Hall–Kier alpha value is -3.82. The van der Waals surface area contributed by atoms with E-state index < -0.39 is 12.0 Å². The fourth-order valence-electron chi connectivity index (χ4n) is 4.69. The average molecular weight is 507 g/mol. The van der Waals surface area contributed by atoms with Gasteiger partial charge in [-0.15, -0.1) is 0 Å². The van der Waals surface area contributed by atoms with Gasteiger partial charge in [0.05, 0.1) is 23.8 Å². The van der Waals surface area contributed by atoms with Crippen molar-refractivity contribution >= 4 is 39.1 Å². The number of aliphatic hydroxyl groups is 1. The Balaban J connectivity index is 1.58. The molecule has 36 heavy (non-hydrogen) atoms. The summed E-state index contributed by atoms with van der Waals surface area (Å²) in [6.45, 7) is 4.50. The Morgan fingerprint density at radius 2 is 2.00 bits per heavy atom. The molecule has 2 N–H and O–H groups in total. The molecule has 0 fully saturated rings. The molecule has 1 aromatic carbocycles. The number of anilines is 1. The number of fused-ring (bicyclic) bond motifs is 3. The predicted octanol–water partition coefficient (Wildman–Crippen LogP) is 4.44. The summed E-state index contributed by atoms with van der Waals surface area (Å²) in [5.74, 6) is -0.555. The van der Waals surface area contributed by atoms with Crippen LogP contribution in [0.5, 0.6) is 0 Å². The lowest BCUT2D eigenvalue weighted by Gasteiger charge is -2.19. The molecule has 0 radical (unpaired) electrons. The van der Waals surface area contributed by atoms with Crippen LogP contribution in [-0.2, 0) is 20.0 Å². The topological polar surface area (TPSA) is 97.9 Å². The van der Waals surface area contributed by atoms with E-state index in [1.54, 1.807) is 34.6 Å². The van der Waals surface area contributed by atoms with Crippen molar-refractivity contribution in [2.24, 2.45) is 7.05 Å². The molecule has 0 saturated heterocycles. The minimum absolute atomic E-state index is 0.127. The van der Waals surface area contributed by atoms with Gasteiger partial charge in [0.15, 0.2) is 5.82 Å². The van der Waals surface area contributed by atoms with Crippen LogP contribution in [0.25, 0.3) is 33.1 Å². The SMILES string of the molecule is CCn1ncc2c3c(C[C@H](O)Nc4ccc(Cl)nc4-c4ccncc4F)cc(C)cc3c(=O)n(C)c21. The van der Waals surface area contributed by atoms with Gasteiger partial charge in [-0.05, 0) is 43.7 Å². The summed E-state index contributed by atoms with van der Waals surface area (Å²) in [4.78, 5) is 21.3. The van der Waals surface area contributed by atoms with Crippen LogP contribution in [0.15, 0.2) is 53.7 Å². The van der Waals surface area contributed by atoms with Gasteiger partial charge in [0.25, 0.3) is 5.56 Å². The lowest BCUT2D eigenvalue weighted by atomic mass is 9.97. The van der Waals surface area contributed by atoms with E-state index in [-0.39, 0.29) is 28.4 Å². The number of hydrogen-bond donors (Lipinski definition) is 2. The maximum absolute atomic E-state index is 14.5. The quantitative estimate of drug-likeness (QED) is 0.261. The molecule has 0 spiro atoms. The van der Waals surface area contributed by atoms with Gasteiger partial charge in [-0.2, -0.15) is 5.10 Å². The van der Waals surface area contributed by atoms with Gasteiger partial charge in [-0.25, -0.2) is 14.1 Å². The Labute approximate surface area is 211 Å². The molecular formula is C26H24ClFN6O2. The Kier molecular flexibility index (Phi) is 6.19. The number of benzene rings is 1. The number of nitrogens with zero attached hydrogens (tertiary/aromatic N) is 5. The molecule has 1 atom stereocenters. The number of aliphatic hydroxyl groups excluding tert-OH is 1. The summed E-state index contributed by atoms with van der Waals surface area (Å²) in [7, 11) is 1.74. The van der Waals surface area contributed by atoms with Crippen molar-refractivity contribution in [3.8, 4) is 11.3 Å². The van der Waals surface area contributed by atoms with E-state index >= 15 is 0 Å². The zero-order chi connectivity index (χ0) is 25.6. The fraction of sp³-hybridized carbons (Fsp3) is 0.231. The summed E-state index contributed by atoms with van der Waals surface area (Å²) in [5.41, 5.74) is 3.17. The number of halogens is 2. The van der Waals surface area contributed by atoms with Crippen LogP contribution in [0.3, 0.4) is 0 Å². The van der Waals surface area contributed by atoms with Gasteiger partial charge in [-0.1, -0.05) is 23.2 Å². The average Bonchev–Trinajstić information content (AvgIpc) is 3.28. The van der Waals surface area contributed by atoms with Crippen LogP contribution < -0.4 is 10.9 Å². The predicted molar refractivity (Wildman–Crippen MR) is 139 cm³/mol. The molecule has 4 aromatic heterocycles. The maximum Gasteiger partial charge on any atom is 0.259 e. The minimum Gasteiger partial charge on any atom is -0.373 e. The molecule has 0 amide bonds. The van der Waals surface area contributed by atoms with E-state index in [2.05, 4.69) is 20.4 Å². The highest BCUT2D eigenvalue weighted by molar-refractivity contribution is 6.29. The smallest absolute Gasteiger partial charge is 0.259 e. The van der Waals surface area contributed by atoms with Crippen molar-refractivity contribution in [2.75, 3.05) is 5.32 Å². The molecule has 8 nitrogen and oxygen atoms in total. The number of pyridine rings is 3. The number of nitrogens with one attached hydrogen (secondary N) is 1. The Morgan fingerprint density at radius 3 is 2.75 bits per heavy atom. The van der Waals surface area contributed by atoms with E-state index in [9.17, 15) is 14.3 Å². The summed E-state index contributed by atoms with van der Waals surface area (Å²) in [6.07, 6.45) is 3.43. The third-order valence-corrected chi connectivity index (χ3v) is 6.43. The summed E-state index contributed by atoms with van der Waals surface area (Å²) >= 11 is 6.09. The first-order chi connectivity index (χ1) is 17.3. The number of hydrogen-bond acceptors (Lipinski definition) is 6. The first-order valence-electron chi connectivity index (χ1n) is 11.5. The molecule has 4 heterocycles. The number of aryl methyl sites for hydroxylation is 3. The Morgan fingerprint density at radius 1 is 1.19 bits per heavy atom. The lowest BCUT2D eigenvalue weighted by Crippen LogP contribution is -2.24. The molecule has 0 bridgehead atoms. The van der Waals surface area contributed by atoms with Crippen molar-refractivity contribution in [1.29, 1.82) is 0 Å². The zero-order valence-electron chi connectivity index (χ0n) is 20.0. The van der Waals surface area contributed by atoms with Crippen LogP contribution >= 0.6 is 11.6 Å². The van der Waals surface area contributed by atoms with Gasteiger partial charge in [0, 0.05) is 47.9 Å². The van der Waals surface area contributed by atoms with Gasteiger partial charge in [-0.3, -0.25) is 14.3 Å². The largest absolute Gasteiger partial charge is 0.373 e. The summed E-state index contributed by atoms with van der Waals surface area (Å²) in [5, 5.41) is 20.9. The molecular weight excluding hydrogens is 483 g/mol. The summed E-state index contributed by atoms with van der Waals surface area (Å²) < 4.78 is 17.9. The molecule has 0 saturated carbocycles. The van der Waals surface area contributed by atoms with Gasteiger partial charge < -0.3 is 10.4 Å². The highest BCUT2D eigenvalue weighted by Gasteiger charge is 2.20. The van der Waals surface area contributed by atoms with Crippen molar-refractivity contribution in [1.82, 2.24) is 24.3 Å². The molecule has 0 aliphatic carbocycles. The van der Waals surface area contributed by atoms with Crippen molar-refractivity contribution in [3.63, 3.8) is 0 Å². The molecule has 5 aromatic rings. The van der Waals surface area contributed by atoms with Crippen molar-refractivity contribution in [3.05, 3.63) is 81.4 Å². The van der Waals surface area contributed by atoms with Crippen LogP contribution in [0, 0.1) is 12.7 Å². The second-order valence-corrected chi connectivity index (χ2v) is 9.05. The first kappa shape index (κ1) is 23.9. The van der Waals surface area contributed by atoms with E-state index in [4.69, 9.17) is 11.6 Å². The molecule has 0 aliphatic heterocycles.